The van der Waals surface area contributed by atoms with Crippen LogP contribution >= 0.6 is 23.7 Å². The number of amides is 1. The maximum Gasteiger partial charge on any atom is 0.240 e. The van der Waals surface area contributed by atoms with Crippen LogP contribution in [0.15, 0.2) is 0 Å². The highest BCUT2D eigenvalue weighted by Gasteiger charge is 2.35. The second-order valence-electron chi connectivity index (χ2n) is 6.65. The summed E-state index contributed by atoms with van der Waals surface area (Å²) in [5.41, 5.74) is 5.51. The van der Waals surface area contributed by atoms with Gasteiger partial charge < -0.3 is 11.1 Å². The Hall–Kier alpha value is -0.720. The van der Waals surface area contributed by atoms with Gasteiger partial charge in [0.2, 0.25) is 5.91 Å². The van der Waals surface area contributed by atoms with E-state index < -0.39 is 5.54 Å². The van der Waals surface area contributed by atoms with Gasteiger partial charge in [0, 0.05) is 5.41 Å². The summed E-state index contributed by atoms with van der Waals surface area (Å²) < 4.78 is 0. The van der Waals surface area contributed by atoms with Gasteiger partial charge in [-0.1, -0.05) is 51.4 Å². The summed E-state index contributed by atoms with van der Waals surface area (Å²) in [7, 11) is 0. The number of halogens is 1. The molecule has 0 atom stereocenters. The Bertz CT molecular complexity index is 478. The Balaban J connectivity index is 0.00000220. The molecule has 7 heteroatoms. The molecule has 0 saturated heterocycles. The van der Waals surface area contributed by atoms with Crippen LogP contribution < -0.4 is 11.1 Å². The fourth-order valence-corrected chi connectivity index (χ4v) is 3.21. The molecule has 1 aromatic heterocycles. The lowest BCUT2D eigenvalue weighted by Gasteiger charge is -2.31. The number of rotatable bonds is 3. The molecule has 0 radical (unpaired) electrons. The molecule has 3 N–H and O–H groups in total. The maximum atomic E-state index is 12.2. The van der Waals surface area contributed by atoms with Crippen molar-refractivity contribution in [2.45, 2.75) is 70.4 Å². The second-order valence-corrected chi connectivity index (χ2v) is 7.71. The van der Waals surface area contributed by atoms with E-state index in [1.807, 2.05) is 0 Å². The summed E-state index contributed by atoms with van der Waals surface area (Å²) in [5, 5.41) is 13.1. The van der Waals surface area contributed by atoms with Crippen molar-refractivity contribution >= 4 is 29.7 Å². The molecule has 1 heterocycles. The van der Waals surface area contributed by atoms with Gasteiger partial charge in [-0.3, -0.25) is 4.79 Å². The molecule has 0 unspecified atom stereocenters. The molecule has 120 valence electrons. The summed E-state index contributed by atoms with van der Waals surface area (Å²) in [5.74, 6) is -0.0512. The number of hydrogen-bond acceptors (Lipinski definition) is 5. The van der Waals surface area contributed by atoms with Crippen LogP contribution in [0.5, 0.6) is 0 Å². The molecule has 1 aromatic rings. The molecule has 2 rings (SSSR count). The van der Waals surface area contributed by atoms with E-state index in [1.54, 1.807) is 11.3 Å². The highest BCUT2D eigenvalue weighted by Crippen LogP contribution is 2.27. The lowest BCUT2D eigenvalue weighted by Crippen LogP contribution is -2.54. The quantitative estimate of drug-likeness (QED) is 0.891. The Morgan fingerprint density at radius 2 is 1.90 bits per heavy atom. The van der Waals surface area contributed by atoms with Crippen LogP contribution in [0, 0.1) is 0 Å². The van der Waals surface area contributed by atoms with Crippen LogP contribution in [0.3, 0.4) is 0 Å². The second kappa shape index (κ2) is 7.03. The zero-order valence-corrected chi connectivity index (χ0v) is 14.6. The molecular formula is C14H25ClN4OS. The predicted molar refractivity (Wildman–Crippen MR) is 87.7 cm³/mol. The minimum Gasteiger partial charge on any atom is -0.348 e. The van der Waals surface area contributed by atoms with Gasteiger partial charge in [0.1, 0.15) is 10.0 Å². The normalized spacial score (nSPS) is 17.9. The van der Waals surface area contributed by atoms with Gasteiger partial charge in [-0.2, -0.15) is 0 Å². The van der Waals surface area contributed by atoms with E-state index >= 15 is 0 Å². The maximum absolute atomic E-state index is 12.2. The average Bonchev–Trinajstić information content (AvgIpc) is 2.85. The fourth-order valence-electron chi connectivity index (χ4n) is 2.37. The first kappa shape index (κ1) is 18.3. The monoisotopic (exact) mass is 332 g/mol. The zero-order valence-electron chi connectivity index (χ0n) is 12.9. The van der Waals surface area contributed by atoms with E-state index in [2.05, 4.69) is 36.3 Å². The van der Waals surface area contributed by atoms with Crippen LogP contribution in [0.4, 0.5) is 0 Å². The smallest absolute Gasteiger partial charge is 0.240 e. The molecule has 0 bridgehead atoms. The highest BCUT2D eigenvalue weighted by molar-refractivity contribution is 7.11. The molecule has 0 aromatic carbocycles. The summed E-state index contributed by atoms with van der Waals surface area (Å²) in [6.07, 6.45) is 4.82. The molecule has 1 aliphatic rings. The van der Waals surface area contributed by atoms with Gasteiger partial charge in [0.15, 0.2) is 0 Å². The number of carbonyl (C=O) groups is 1. The van der Waals surface area contributed by atoms with Crippen LogP contribution in [0.1, 0.15) is 62.9 Å². The lowest BCUT2D eigenvalue weighted by molar-refractivity contribution is -0.127. The average molecular weight is 333 g/mol. The largest absolute Gasteiger partial charge is 0.348 e. The van der Waals surface area contributed by atoms with Gasteiger partial charge in [-0.05, 0) is 12.8 Å². The molecule has 1 amide bonds. The van der Waals surface area contributed by atoms with Crippen LogP contribution in [0.25, 0.3) is 0 Å². The first-order valence-electron chi connectivity index (χ1n) is 7.21. The van der Waals surface area contributed by atoms with E-state index in [0.29, 0.717) is 6.54 Å². The van der Waals surface area contributed by atoms with E-state index in [1.165, 1.54) is 6.42 Å². The molecule has 1 saturated carbocycles. The molecule has 5 nitrogen and oxygen atoms in total. The van der Waals surface area contributed by atoms with E-state index in [9.17, 15) is 4.79 Å². The molecule has 0 aliphatic heterocycles. The number of aromatic nitrogens is 2. The first-order valence-corrected chi connectivity index (χ1v) is 8.03. The van der Waals surface area contributed by atoms with Crippen molar-refractivity contribution in [1.29, 1.82) is 0 Å². The van der Waals surface area contributed by atoms with E-state index in [-0.39, 0.29) is 23.7 Å². The number of carbonyl (C=O) groups excluding carboxylic acids is 1. The molecule has 1 fully saturated rings. The summed E-state index contributed by atoms with van der Waals surface area (Å²) in [6, 6.07) is 0. The van der Waals surface area contributed by atoms with Crippen molar-refractivity contribution in [3.05, 3.63) is 10.0 Å². The number of hydrogen-bond donors (Lipinski definition) is 2. The van der Waals surface area contributed by atoms with Crippen molar-refractivity contribution in [2.24, 2.45) is 5.73 Å². The minimum absolute atomic E-state index is 0. The Morgan fingerprint density at radius 3 is 2.43 bits per heavy atom. The molecule has 21 heavy (non-hydrogen) atoms. The number of nitrogens with two attached hydrogens (primary N) is 1. The lowest BCUT2D eigenvalue weighted by atomic mass is 9.82. The third-order valence-corrected chi connectivity index (χ3v) is 5.06. The Kier molecular flexibility index (Phi) is 6.13. The highest BCUT2D eigenvalue weighted by atomic mass is 35.5. The SMILES string of the molecule is CC(C)(C)c1nnc(CNC(=O)C2(N)CCCCC2)s1.Cl. The third kappa shape index (κ3) is 4.63. The Morgan fingerprint density at radius 1 is 1.29 bits per heavy atom. The topological polar surface area (TPSA) is 80.9 Å². The molecule has 0 spiro atoms. The first-order chi connectivity index (χ1) is 9.31. The van der Waals surface area contributed by atoms with Crippen molar-refractivity contribution in [2.75, 3.05) is 0 Å². The predicted octanol–water partition coefficient (Wildman–Crippen LogP) is 2.54. The van der Waals surface area contributed by atoms with Gasteiger partial charge in [0.05, 0.1) is 12.1 Å². The summed E-state index contributed by atoms with van der Waals surface area (Å²) >= 11 is 1.55. The van der Waals surface area contributed by atoms with Crippen molar-refractivity contribution in [3.8, 4) is 0 Å². The minimum atomic E-state index is -0.685. The van der Waals surface area contributed by atoms with Crippen LogP contribution in [0.2, 0.25) is 0 Å². The molecule has 1 aliphatic carbocycles. The number of nitrogens with zero attached hydrogens (tertiary/aromatic N) is 2. The van der Waals surface area contributed by atoms with Crippen molar-refractivity contribution < 1.29 is 4.79 Å². The van der Waals surface area contributed by atoms with Gasteiger partial charge in [-0.25, -0.2) is 0 Å². The zero-order chi connectivity index (χ0) is 14.8. The van der Waals surface area contributed by atoms with Crippen molar-refractivity contribution in [1.82, 2.24) is 15.5 Å². The summed E-state index contributed by atoms with van der Waals surface area (Å²) in [6.45, 7) is 6.73. The van der Waals surface area contributed by atoms with Crippen molar-refractivity contribution in [3.63, 3.8) is 0 Å². The third-order valence-electron chi connectivity index (χ3n) is 3.71. The standard InChI is InChI=1S/C14H24N4OS.ClH/c1-13(2,3)12-18-17-10(20-12)9-16-11(19)14(15)7-5-4-6-8-14;/h4-9,15H2,1-3H3,(H,16,19);1H. The van der Waals surface area contributed by atoms with Gasteiger partial charge >= 0.3 is 0 Å². The van der Waals surface area contributed by atoms with Gasteiger partial charge in [0.25, 0.3) is 0 Å². The summed E-state index contributed by atoms with van der Waals surface area (Å²) in [4.78, 5) is 12.2. The van der Waals surface area contributed by atoms with Gasteiger partial charge in [-0.15, -0.1) is 22.6 Å². The van der Waals surface area contributed by atoms with E-state index in [0.717, 1.165) is 35.7 Å². The van der Waals surface area contributed by atoms with Crippen LogP contribution in [-0.4, -0.2) is 21.6 Å². The van der Waals surface area contributed by atoms with Crippen LogP contribution in [-0.2, 0) is 16.8 Å². The Labute approximate surface area is 136 Å². The number of nitrogens with one attached hydrogen (secondary N) is 1. The molecular weight excluding hydrogens is 308 g/mol. The van der Waals surface area contributed by atoms with E-state index in [4.69, 9.17) is 5.73 Å². The fraction of sp³-hybridized carbons (Fsp3) is 0.786.